The summed E-state index contributed by atoms with van der Waals surface area (Å²) in [5, 5.41) is 4.14. The van der Waals surface area contributed by atoms with Crippen LogP contribution in [0.4, 0.5) is 5.69 Å². The lowest BCUT2D eigenvalue weighted by molar-refractivity contribution is -0.929. The number of benzene rings is 2. The van der Waals surface area contributed by atoms with Crippen LogP contribution in [-0.2, 0) is 4.79 Å². The maximum absolute atomic E-state index is 12.8. The number of likely N-dealkylation sites (tertiary alicyclic amines) is 1. The first-order chi connectivity index (χ1) is 14.2. The maximum atomic E-state index is 12.8. The summed E-state index contributed by atoms with van der Waals surface area (Å²) in [6, 6.07) is 13.9. The zero-order valence-corrected chi connectivity index (χ0v) is 17.6. The number of carbonyl (C=O) groups is 1. The minimum Gasteiger partial charge on any atom is -0.493 e. The molecule has 7 heteroatoms. The molecule has 2 aromatic carbocycles. The van der Waals surface area contributed by atoms with Gasteiger partial charge in [-0.1, -0.05) is 12.1 Å². The largest absolute Gasteiger partial charge is 0.493 e. The van der Waals surface area contributed by atoms with Crippen molar-refractivity contribution in [1.82, 2.24) is 4.98 Å². The van der Waals surface area contributed by atoms with E-state index in [9.17, 15) is 4.79 Å². The second-order valence-corrected chi connectivity index (χ2v) is 8.33. The van der Waals surface area contributed by atoms with E-state index in [4.69, 9.17) is 14.5 Å². The van der Waals surface area contributed by atoms with Gasteiger partial charge in [0, 0.05) is 18.2 Å². The number of rotatable bonds is 6. The number of methoxy groups -OCH3 is 2. The summed E-state index contributed by atoms with van der Waals surface area (Å²) in [5.41, 5.74) is 1.76. The predicted molar refractivity (Wildman–Crippen MR) is 115 cm³/mol. The highest BCUT2D eigenvalue weighted by Crippen LogP contribution is 2.30. The van der Waals surface area contributed by atoms with Crippen LogP contribution in [0, 0.1) is 0 Å². The van der Waals surface area contributed by atoms with Gasteiger partial charge in [-0.2, -0.15) is 0 Å². The molecule has 152 valence electrons. The van der Waals surface area contributed by atoms with Gasteiger partial charge in [0.1, 0.15) is 6.04 Å². The van der Waals surface area contributed by atoms with Crippen LogP contribution in [0.1, 0.15) is 30.3 Å². The first kappa shape index (κ1) is 19.7. The third kappa shape index (κ3) is 4.36. The molecule has 4 rings (SSSR count). The highest BCUT2D eigenvalue weighted by molar-refractivity contribution is 7.18. The Morgan fingerprint density at radius 2 is 2.00 bits per heavy atom. The van der Waals surface area contributed by atoms with Gasteiger partial charge in [-0.05, 0) is 37.1 Å². The second-order valence-electron chi connectivity index (χ2n) is 7.27. The number of thiazole rings is 1. The standard InChI is InChI=1S/C22H25N3O3S/c1-27-18-11-10-15(13-19(18)28-2)23-21(26)14-25-12-6-5-8-17(25)22-24-16-7-3-4-9-20(16)29-22/h3-4,7,9-11,13,17H,5-6,8,12,14H2,1-2H3,(H,23,26)/p+1/t17-/m0/s1. The topological polar surface area (TPSA) is 64.9 Å². The number of aromatic nitrogens is 1. The molecule has 1 fully saturated rings. The van der Waals surface area contributed by atoms with E-state index in [1.807, 2.05) is 18.2 Å². The summed E-state index contributed by atoms with van der Waals surface area (Å²) in [7, 11) is 3.18. The number of nitrogens with one attached hydrogen (secondary N) is 2. The monoisotopic (exact) mass is 412 g/mol. The van der Waals surface area contributed by atoms with Crippen LogP contribution in [0.2, 0.25) is 0 Å². The van der Waals surface area contributed by atoms with E-state index in [1.165, 1.54) is 16.0 Å². The van der Waals surface area contributed by atoms with Gasteiger partial charge < -0.3 is 19.7 Å². The van der Waals surface area contributed by atoms with Gasteiger partial charge >= 0.3 is 0 Å². The van der Waals surface area contributed by atoms with Crippen LogP contribution in [0.3, 0.4) is 0 Å². The summed E-state index contributed by atoms with van der Waals surface area (Å²) in [5.74, 6) is 1.24. The summed E-state index contributed by atoms with van der Waals surface area (Å²) in [6.07, 6.45) is 3.39. The first-order valence-electron chi connectivity index (χ1n) is 9.90. The van der Waals surface area contributed by atoms with Crippen molar-refractivity contribution < 1.29 is 19.2 Å². The van der Waals surface area contributed by atoms with Crippen LogP contribution >= 0.6 is 11.3 Å². The van der Waals surface area contributed by atoms with E-state index < -0.39 is 0 Å². The number of quaternary nitrogens is 1. The molecule has 1 aromatic heterocycles. The summed E-state index contributed by atoms with van der Waals surface area (Å²) >= 11 is 1.75. The molecule has 1 amide bonds. The fourth-order valence-electron chi connectivity index (χ4n) is 3.95. The van der Waals surface area contributed by atoms with E-state index in [-0.39, 0.29) is 11.9 Å². The number of carbonyl (C=O) groups excluding carboxylic acids is 1. The average Bonchev–Trinajstić information content (AvgIpc) is 3.18. The zero-order chi connectivity index (χ0) is 20.2. The van der Waals surface area contributed by atoms with E-state index in [1.54, 1.807) is 37.7 Å². The smallest absolute Gasteiger partial charge is 0.279 e. The number of para-hydroxylation sites is 1. The van der Waals surface area contributed by atoms with Crippen molar-refractivity contribution >= 4 is 33.1 Å². The summed E-state index contributed by atoms with van der Waals surface area (Å²) in [4.78, 5) is 18.9. The molecule has 3 aromatic rings. The summed E-state index contributed by atoms with van der Waals surface area (Å²) in [6.45, 7) is 1.41. The lowest BCUT2D eigenvalue weighted by atomic mass is 10.0. The molecule has 29 heavy (non-hydrogen) atoms. The van der Waals surface area contributed by atoms with Crippen molar-refractivity contribution in [3.8, 4) is 11.5 Å². The number of hydrogen-bond donors (Lipinski definition) is 2. The quantitative estimate of drug-likeness (QED) is 0.653. The van der Waals surface area contributed by atoms with Crippen molar-refractivity contribution in [3.05, 3.63) is 47.5 Å². The molecule has 2 heterocycles. The Balaban J connectivity index is 1.47. The van der Waals surface area contributed by atoms with E-state index in [0.29, 0.717) is 23.7 Å². The molecule has 0 radical (unpaired) electrons. The van der Waals surface area contributed by atoms with Crippen molar-refractivity contribution in [3.63, 3.8) is 0 Å². The normalized spacial score (nSPS) is 19.1. The third-order valence-electron chi connectivity index (χ3n) is 5.40. The van der Waals surface area contributed by atoms with Crippen LogP contribution in [0.25, 0.3) is 10.2 Å². The van der Waals surface area contributed by atoms with Crippen LogP contribution < -0.4 is 19.7 Å². The maximum Gasteiger partial charge on any atom is 0.279 e. The number of anilines is 1. The first-order valence-corrected chi connectivity index (χ1v) is 10.7. The van der Waals surface area contributed by atoms with Crippen LogP contribution in [0.15, 0.2) is 42.5 Å². The van der Waals surface area contributed by atoms with E-state index >= 15 is 0 Å². The van der Waals surface area contributed by atoms with Gasteiger partial charge in [0.15, 0.2) is 23.1 Å². The Morgan fingerprint density at radius 3 is 2.79 bits per heavy atom. The SMILES string of the molecule is COc1ccc(NC(=O)C[NH+]2CCCC[C@H]2c2nc3ccccc3s2)cc1OC. The number of amides is 1. The van der Waals surface area contributed by atoms with Gasteiger partial charge in [-0.25, -0.2) is 4.98 Å². The van der Waals surface area contributed by atoms with Gasteiger partial charge in [-0.15, -0.1) is 11.3 Å². The highest BCUT2D eigenvalue weighted by Gasteiger charge is 2.32. The minimum absolute atomic E-state index is 0.000214. The molecule has 2 atom stereocenters. The lowest BCUT2D eigenvalue weighted by Gasteiger charge is -2.30. The Hall–Kier alpha value is -2.64. The van der Waals surface area contributed by atoms with Crippen molar-refractivity contribution in [2.45, 2.75) is 25.3 Å². The average molecular weight is 413 g/mol. The molecular weight excluding hydrogens is 386 g/mol. The molecule has 1 saturated heterocycles. The number of hydrogen-bond acceptors (Lipinski definition) is 5. The van der Waals surface area contributed by atoms with Gasteiger partial charge in [-0.3, -0.25) is 4.79 Å². The van der Waals surface area contributed by atoms with E-state index in [0.717, 1.165) is 29.9 Å². The van der Waals surface area contributed by atoms with Gasteiger partial charge in [0.25, 0.3) is 5.91 Å². The Bertz CT molecular complexity index is 971. The number of piperidine rings is 1. The molecule has 1 aliphatic rings. The molecular formula is C22H26N3O3S+. The van der Waals surface area contributed by atoms with Crippen LogP contribution in [-0.4, -0.2) is 38.2 Å². The number of ether oxygens (including phenoxy) is 2. The Labute approximate surface area is 174 Å². The van der Waals surface area contributed by atoms with Crippen molar-refractivity contribution in [2.24, 2.45) is 0 Å². The van der Waals surface area contributed by atoms with E-state index in [2.05, 4.69) is 17.4 Å². The Kier molecular flexibility index (Phi) is 5.97. The predicted octanol–water partition coefficient (Wildman–Crippen LogP) is 3.06. The molecule has 0 bridgehead atoms. The fraction of sp³-hybridized carbons (Fsp3) is 0.364. The second kappa shape index (κ2) is 8.80. The van der Waals surface area contributed by atoms with Gasteiger partial charge in [0.2, 0.25) is 0 Å². The number of nitrogens with zero attached hydrogens (tertiary/aromatic N) is 1. The molecule has 6 nitrogen and oxygen atoms in total. The number of fused-ring (bicyclic) bond motifs is 1. The molecule has 1 aliphatic heterocycles. The van der Waals surface area contributed by atoms with Crippen molar-refractivity contribution in [1.29, 1.82) is 0 Å². The molecule has 0 saturated carbocycles. The molecule has 0 aliphatic carbocycles. The molecule has 2 N–H and O–H groups in total. The minimum atomic E-state index is 0.000214. The fourth-order valence-corrected chi connectivity index (χ4v) is 5.11. The van der Waals surface area contributed by atoms with Gasteiger partial charge in [0.05, 0.1) is 31.0 Å². The third-order valence-corrected chi connectivity index (χ3v) is 6.55. The molecule has 0 spiro atoms. The van der Waals surface area contributed by atoms with Crippen molar-refractivity contribution in [2.75, 3.05) is 32.6 Å². The Morgan fingerprint density at radius 1 is 1.17 bits per heavy atom. The zero-order valence-electron chi connectivity index (χ0n) is 16.7. The highest BCUT2D eigenvalue weighted by atomic mass is 32.1. The molecule has 1 unspecified atom stereocenters. The summed E-state index contributed by atoms with van der Waals surface area (Å²) < 4.78 is 11.8. The van der Waals surface area contributed by atoms with Crippen LogP contribution in [0.5, 0.6) is 11.5 Å². The lowest BCUT2D eigenvalue weighted by Crippen LogP contribution is -3.14.